The number of nitrogens with one attached hydrogen (secondary N) is 1. The molecule has 0 saturated carbocycles. The topological polar surface area (TPSA) is 102 Å². The fourth-order valence-corrected chi connectivity index (χ4v) is 3.89. The van der Waals surface area contributed by atoms with E-state index in [9.17, 15) is 19.2 Å². The molecule has 144 valence electrons. The average Bonchev–Trinajstić information content (AvgIpc) is 2.53. The molecule has 0 spiro atoms. The summed E-state index contributed by atoms with van der Waals surface area (Å²) >= 11 is 17.8. The Hall–Kier alpha value is -1.16. The van der Waals surface area contributed by atoms with Crippen molar-refractivity contribution < 1.29 is 28.7 Å². The summed E-state index contributed by atoms with van der Waals surface area (Å²) in [5.41, 5.74) is 0.352. The number of esters is 2. The van der Waals surface area contributed by atoms with Gasteiger partial charge in [0.15, 0.2) is 0 Å². The molecule has 3 atom stereocenters. The zero-order valence-electron chi connectivity index (χ0n) is 13.7. The molecule has 26 heavy (non-hydrogen) atoms. The number of fused-ring (bicyclic) bond motifs is 1. The van der Waals surface area contributed by atoms with Gasteiger partial charge in [0.05, 0.1) is 0 Å². The van der Waals surface area contributed by atoms with Crippen molar-refractivity contribution in [3.05, 3.63) is 11.8 Å². The van der Waals surface area contributed by atoms with Crippen LogP contribution in [-0.2, 0) is 28.7 Å². The maximum atomic E-state index is 12.4. The van der Waals surface area contributed by atoms with Gasteiger partial charge in [-0.2, -0.15) is 0 Å². The summed E-state index contributed by atoms with van der Waals surface area (Å²) in [5.74, 6) is -1.95. The summed E-state index contributed by atoms with van der Waals surface area (Å²) in [5, 5.41) is 1.16. The van der Waals surface area contributed by atoms with Gasteiger partial charge in [0.25, 0.3) is 5.91 Å². The van der Waals surface area contributed by atoms with Crippen LogP contribution in [0.4, 0.5) is 0 Å². The maximum Gasteiger partial charge on any atom is 0.323 e. The van der Waals surface area contributed by atoms with Crippen molar-refractivity contribution in [2.45, 2.75) is 34.3 Å². The molecule has 1 saturated heterocycles. The van der Waals surface area contributed by atoms with Crippen molar-refractivity contribution >= 4 is 70.3 Å². The Morgan fingerprint density at radius 1 is 1.27 bits per heavy atom. The first kappa shape index (κ1) is 21.1. The summed E-state index contributed by atoms with van der Waals surface area (Å²) in [6.45, 7) is 1.85. The number of ether oxygens (including phenoxy) is 2. The summed E-state index contributed by atoms with van der Waals surface area (Å²) in [7, 11) is 0. The summed E-state index contributed by atoms with van der Waals surface area (Å²) in [6, 6.07) is -0.757. The highest BCUT2D eigenvalue weighted by Gasteiger charge is 2.52. The van der Waals surface area contributed by atoms with Gasteiger partial charge >= 0.3 is 11.9 Å². The number of hydrogen-bond acceptors (Lipinski definition) is 7. The van der Waals surface area contributed by atoms with Crippen molar-refractivity contribution in [3.8, 4) is 0 Å². The molecule has 1 fully saturated rings. The molecule has 0 radical (unpaired) electrons. The number of hydrogen-bond donors (Lipinski definition) is 1. The Kier molecular flexibility index (Phi) is 6.70. The molecule has 8 nitrogen and oxygen atoms in total. The highest BCUT2D eigenvalue weighted by Crippen LogP contribution is 2.41. The Bertz CT molecular complexity index is 666. The number of nitrogens with zero attached hydrogens (tertiary/aromatic N) is 1. The molecule has 2 aliphatic heterocycles. The SMILES string of the molecule is CC(=O)NC1C(=O)N2C=C(COC(C)=O)C(C(=O)OCC(Cl)(Cl)Cl)S[C@H]12. The number of rotatable bonds is 5. The van der Waals surface area contributed by atoms with Gasteiger partial charge in [-0.05, 0) is 0 Å². The van der Waals surface area contributed by atoms with Crippen LogP contribution in [0.1, 0.15) is 13.8 Å². The van der Waals surface area contributed by atoms with E-state index in [1.54, 1.807) is 0 Å². The minimum Gasteiger partial charge on any atom is -0.461 e. The predicted molar refractivity (Wildman–Crippen MR) is 95.6 cm³/mol. The molecule has 2 amide bonds. The lowest BCUT2D eigenvalue weighted by molar-refractivity contribution is -0.146. The lowest BCUT2D eigenvalue weighted by atomic mass is 10.1. The largest absolute Gasteiger partial charge is 0.461 e. The van der Waals surface area contributed by atoms with Crippen molar-refractivity contribution in [1.82, 2.24) is 10.2 Å². The zero-order valence-corrected chi connectivity index (χ0v) is 16.7. The quantitative estimate of drug-likeness (QED) is 0.384. The Morgan fingerprint density at radius 3 is 2.46 bits per heavy atom. The van der Waals surface area contributed by atoms with Crippen LogP contribution in [0.2, 0.25) is 0 Å². The molecule has 1 N–H and O–H groups in total. The van der Waals surface area contributed by atoms with Crippen LogP contribution < -0.4 is 5.32 Å². The first-order valence-corrected chi connectivity index (χ1v) is 9.39. The molecule has 0 aliphatic carbocycles. The van der Waals surface area contributed by atoms with Crippen LogP contribution in [0.5, 0.6) is 0 Å². The van der Waals surface area contributed by atoms with Gasteiger partial charge in [-0.15, -0.1) is 11.8 Å². The second-order valence-electron chi connectivity index (χ2n) is 5.54. The average molecular weight is 446 g/mol. The minimum atomic E-state index is -1.77. The van der Waals surface area contributed by atoms with Crippen LogP contribution in [0, 0.1) is 0 Å². The number of halogens is 3. The Labute approximate surface area is 168 Å². The van der Waals surface area contributed by atoms with Gasteiger partial charge in [0.2, 0.25) is 9.70 Å². The fraction of sp³-hybridized carbons (Fsp3) is 0.571. The molecular weight excluding hydrogens is 431 g/mol. The van der Waals surface area contributed by atoms with Crippen molar-refractivity contribution in [2.75, 3.05) is 13.2 Å². The summed E-state index contributed by atoms with van der Waals surface area (Å²) in [4.78, 5) is 48.2. The number of carbonyl (C=O) groups excluding carboxylic acids is 4. The molecule has 2 heterocycles. The van der Waals surface area contributed by atoms with Crippen LogP contribution in [0.15, 0.2) is 11.8 Å². The normalized spacial score (nSPS) is 24.8. The van der Waals surface area contributed by atoms with Gasteiger partial charge in [0.1, 0.15) is 29.9 Å². The molecule has 2 aliphatic rings. The molecule has 0 aromatic heterocycles. The minimum absolute atomic E-state index is 0.197. The Morgan fingerprint density at radius 2 is 1.92 bits per heavy atom. The van der Waals surface area contributed by atoms with Crippen LogP contribution in [-0.4, -0.2) is 62.3 Å². The van der Waals surface area contributed by atoms with Gasteiger partial charge in [0, 0.05) is 25.6 Å². The van der Waals surface area contributed by atoms with Crippen molar-refractivity contribution in [3.63, 3.8) is 0 Å². The van der Waals surface area contributed by atoms with Gasteiger partial charge in [-0.1, -0.05) is 34.8 Å². The van der Waals surface area contributed by atoms with E-state index in [1.165, 1.54) is 24.9 Å². The molecular formula is C14H15Cl3N2O6S. The highest BCUT2D eigenvalue weighted by molar-refractivity contribution is 8.01. The standard InChI is InChI=1S/C14H15Cl3N2O6S/c1-6(20)18-9-11(22)19-3-8(4-24-7(2)21)10(26-12(9)19)13(23)25-5-14(15,16)17/h3,9-10,12H,4-5H2,1-2H3,(H,18,20)/t9?,10?,12-/m1/s1. The fourth-order valence-electron chi connectivity index (χ4n) is 2.33. The maximum absolute atomic E-state index is 12.4. The third kappa shape index (κ3) is 5.18. The Balaban J connectivity index is 2.17. The predicted octanol–water partition coefficient (Wildman–Crippen LogP) is 1.14. The third-order valence-corrected chi connectivity index (χ3v) is 5.26. The molecule has 2 unspecified atom stereocenters. The van der Waals surface area contributed by atoms with Crippen LogP contribution in [0.3, 0.4) is 0 Å². The zero-order chi connectivity index (χ0) is 19.6. The lowest BCUT2D eigenvalue weighted by Crippen LogP contribution is -2.69. The smallest absolute Gasteiger partial charge is 0.323 e. The van der Waals surface area contributed by atoms with E-state index in [0.717, 1.165) is 11.8 Å². The van der Waals surface area contributed by atoms with Crippen LogP contribution >= 0.6 is 46.6 Å². The van der Waals surface area contributed by atoms with E-state index in [0.29, 0.717) is 5.57 Å². The molecule has 12 heteroatoms. The third-order valence-electron chi connectivity index (χ3n) is 3.39. The summed E-state index contributed by atoms with van der Waals surface area (Å²) < 4.78 is 8.16. The van der Waals surface area contributed by atoms with Crippen LogP contribution in [0.25, 0.3) is 0 Å². The van der Waals surface area contributed by atoms with E-state index in [4.69, 9.17) is 44.3 Å². The number of thioether (sulfide) groups is 1. The second-order valence-corrected chi connectivity index (χ2v) is 9.28. The van der Waals surface area contributed by atoms with E-state index >= 15 is 0 Å². The van der Waals surface area contributed by atoms with E-state index in [2.05, 4.69) is 5.32 Å². The lowest BCUT2D eigenvalue weighted by Gasteiger charge is -2.48. The molecule has 0 aromatic carbocycles. The van der Waals surface area contributed by atoms with Crippen molar-refractivity contribution in [1.29, 1.82) is 0 Å². The van der Waals surface area contributed by atoms with E-state index in [1.807, 2.05) is 0 Å². The van der Waals surface area contributed by atoms with Gasteiger partial charge in [-0.3, -0.25) is 19.2 Å². The first-order valence-electron chi connectivity index (χ1n) is 7.31. The van der Waals surface area contributed by atoms with Gasteiger partial charge in [-0.25, -0.2) is 0 Å². The second kappa shape index (κ2) is 8.24. The van der Waals surface area contributed by atoms with Crippen molar-refractivity contribution in [2.24, 2.45) is 0 Å². The molecule has 2 rings (SSSR count). The first-order chi connectivity index (χ1) is 12.0. The van der Waals surface area contributed by atoms with E-state index < -0.39 is 39.0 Å². The van der Waals surface area contributed by atoms with Gasteiger partial charge < -0.3 is 19.7 Å². The number of amides is 2. The number of carbonyl (C=O) groups is 4. The molecule has 0 aromatic rings. The highest BCUT2D eigenvalue weighted by atomic mass is 35.6. The monoisotopic (exact) mass is 444 g/mol. The number of alkyl halides is 3. The summed E-state index contributed by atoms with van der Waals surface area (Å²) in [6.07, 6.45) is 1.42. The molecule has 0 bridgehead atoms. The number of β-lactam (4-membered cyclic amide) rings is 1. The van der Waals surface area contributed by atoms with E-state index in [-0.39, 0.29) is 18.4 Å².